The number of carbonyl (C=O) groups is 1. The molecular weight excluding hydrogens is 404 g/mol. The van der Waals surface area contributed by atoms with Crippen LogP contribution in [0.3, 0.4) is 0 Å². The Morgan fingerprint density at radius 2 is 1.96 bits per heavy atom. The summed E-state index contributed by atoms with van der Waals surface area (Å²) < 4.78 is 6.76. The molecule has 2 aromatic carbocycles. The van der Waals surface area contributed by atoms with Crippen molar-refractivity contribution in [3.63, 3.8) is 0 Å². The number of rotatable bonds is 8. The van der Waals surface area contributed by atoms with Crippen LogP contribution < -0.4 is 5.32 Å². The third-order valence-electron chi connectivity index (χ3n) is 4.34. The number of amides is 1. The van der Waals surface area contributed by atoms with Crippen LogP contribution in [0.25, 0.3) is 11.3 Å². The van der Waals surface area contributed by atoms with Crippen molar-refractivity contribution in [1.29, 1.82) is 0 Å². The molecule has 1 heterocycles. The van der Waals surface area contributed by atoms with Crippen LogP contribution in [-0.2, 0) is 17.6 Å². The normalized spacial score (nSPS) is 11.9. The number of aromatic nitrogens is 1. The van der Waals surface area contributed by atoms with E-state index in [4.69, 9.17) is 4.42 Å². The van der Waals surface area contributed by atoms with E-state index in [1.807, 2.05) is 49.4 Å². The predicted molar refractivity (Wildman–Crippen MR) is 110 cm³/mol. The van der Waals surface area contributed by atoms with Gasteiger partial charge in [0, 0.05) is 28.9 Å². The minimum atomic E-state index is 0.0257. The average molecular weight is 427 g/mol. The first kappa shape index (κ1) is 19.4. The van der Waals surface area contributed by atoms with E-state index in [0.717, 1.165) is 22.9 Å². The molecule has 3 aromatic rings. The lowest BCUT2D eigenvalue weighted by Crippen LogP contribution is -2.33. The molecule has 140 valence electrons. The van der Waals surface area contributed by atoms with E-state index < -0.39 is 0 Å². The Morgan fingerprint density at radius 3 is 2.74 bits per heavy atom. The van der Waals surface area contributed by atoms with Crippen LogP contribution in [0.15, 0.2) is 69.7 Å². The number of oxazole rings is 1. The van der Waals surface area contributed by atoms with Gasteiger partial charge in [-0.25, -0.2) is 4.98 Å². The summed E-state index contributed by atoms with van der Waals surface area (Å²) in [6, 6.07) is 18.3. The van der Waals surface area contributed by atoms with Gasteiger partial charge in [-0.15, -0.1) is 0 Å². The molecule has 0 saturated carbocycles. The van der Waals surface area contributed by atoms with Gasteiger partial charge in [0.05, 0.1) is 6.20 Å². The van der Waals surface area contributed by atoms with Crippen LogP contribution in [0.1, 0.15) is 31.2 Å². The Kier molecular flexibility index (Phi) is 6.82. The van der Waals surface area contributed by atoms with E-state index in [-0.39, 0.29) is 11.9 Å². The maximum Gasteiger partial charge on any atom is 0.220 e. The second-order valence-corrected chi connectivity index (χ2v) is 7.54. The van der Waals surface area contributed by atoms with Crippen molar-refractivity contribution < 1.29 is 9.21 Å². The highest BCUT2D eigenvalue weighted by molar-refractivity contribution is 9.10. The summed E-state index contributed by atoms with van der Waals surface area (Å²) in [5.74, 6) is 1.32. The molecule has 5 heteroatoms. The molecule has 0 spiro atoms. The maximum atomic E-state index is 12.2. The van der Waals surface area contributed by atoms with Crippen LogP contribution in [0.2, 0.25) is 0 Å². The number of nitrogens with one attached hydrogen (secondary N) is 1. The van der Waals surface area contributed by atoms with Crippen molar-refractivity contribution in [2.24, 2.45) is 0 Å². The molecule has 0 aliphatic rings. The molecule has 0 saturated heterocycles. The fourth-order valence-electron chi connectivity index (χ4n) is 2.87. The second-order valence-electron chi connectivity index (χ2n) is 6.62. The number of aryl methyl sites for hydroxylation is 2. The van der Waals surface area contributed by atoms with Gasteiger partial charge < -0.3 is 9.73 Å². The first-order valence-electron chi connectivity index (χ1n) is 9.14. The zero-order valence-electron chi connectivity index (χ0n) is 15.3. The molecule has 27 heavy (non-hydrogen) atoms. The number of benzene rings is 2. The summed E-state index contributed by atoms with van der Waals surface area (Å²) in [5, 5.41) is 3.05. The fraction of sp³-hybridized carbons (Fsp3) is 0.273. The van der Waals surface area contributed by atoms with E-state index in [9.17, 15) is 4.79 Å². The molecule has 0 aliphatic heterocycles. The SMILES string of the molecule is C[C@H](CCc1ccccc1)NC(=O)CCc1ncc(-c2cccc(Br)c2)o1. The Hall–Kier alpha value is -2.40. The number of hydrogen-bond donors (Lipinski definition) is 1. The first-order chi connectivity index (χ1) is 13.1. The Balaban J connectivity index is 1.44. The quantitative estimate of drug-likeness (QED) is 0.540. The largest absolute Gasteiger partial charge is 0.441 e. The highest BCUT2D eigenvalue weighted by Crippen LogP contribution is 2.24. The number of nitrogens with zero attached hydrogens (tertiary/aromatic N) is 1. The maximum absolute atomic E-state index is 12.2. The molecule has 1 amide bonds. The van der Waals surface area contributed by atoms with Crippen molar-refractivity contribution in [2.45, 2.75) is 38.6 Å². The predicted octanol–water partition coefficient (Wildman–Crippen LogP) is 5.17. The van der Waals surface area contributed by atoms with E-state index in [0.29, 0.717) is 24.5 Å². The minimum Gasteiger partial charge on any atom is -0.441 e. The number of hydrogen-bond acceptors (Lipinski definition) is 3. The van der Waals surface area contributed by atoms with Crippen molar-refractivity contribution in [3.05, 3.63) is 76.7 Å². The molecule has 1 aromatic heterocycles. The zero-order chi connectivity index (χ0) is 19.1. The van der Waals surface area contributed by atoms with Crippen LogP contribution >= 0.6 is 15.9 Å². The zero-order valence-corrected chi connectivity index (χ0v) is 16.9. The fourth-order valence-corrected chi connectivity index (χ4v) is 3.27. The van der Waals surface area contributed by atoms with Crippen molar-refractivity contribution >= 4 is 21.8 Å². The molecule has 1 N–H and O–H groups in total. The Labute approximate surface area is 168 Å². The number of halogens is 1. The molecule has 0 aliphatic carbocycles. The van der Waals surface area contributed by atoms with Gasteiger partial charge in [-0.3, -0.25) is 4.79 Å². The lowest BCUT2D eigenvalue weighted by atomic mass is 10.1. The van der Waals surface area contributed by atoms with Gasteiger partial charge in [-0.2, -0.15) is 0 Å². The summed E-state index contributed by atoms with van der Waals surface area (Å²) >= 11 is 3.45. The third-order valence-corrected chi connectivity index (χ3v) is 4.84. The van der Waals surface area contributed by atoms with Crippen molar-refractivity contribution in [3.8, 4) is 11.3 Å². The lowest BCUT2D eigenvalue weighted by Gasteiger charge is -2.13. The van der Waals surface area contributed by atoms with Gasteiger partial charge in [-0.05, 0) is 37.5 Å². The molecule has 0 fully saturated rings. The molecule has 0 unspecified atom stereocenters. The van der Waals surface area contributed by atoms with Gasteiger partial charge in [0.1, 0.15) is 0 Å². The number of carbonyl (C=O) groups excluding carboxylic acids is 1. The van der Waals surface area contributed by atoms with E-state index in [1.54, 1.807) is 6.20 Å². The minimum absolute atomic E-state index is 0.0257. The third kappa shape index (κ3) is 6.07. The summed E-state index contributed by atoms with van der Waals surface area (Å²) in [6.45, 7) is 2.04. The molecule has 0 bridgehead atoms. The Morgan fingerprint density at radius 1 is 1.15 bits per heavy atom. The highest BCUT2D eigenvalue weighted by atomic mass is 79.9. The summed E-state index contributed by atoms with van der Waals surface area (Å²) in [4.78, 5) is 16.5. The van der Waals surface area contributed by atoms with Crippen LogP contribution in [0, 0.1) is 0 Å². The van der Waals surface area contributed by atoms with E-state index in [1.165, 1.54) is 5.56 Å². The van der Waals surface area contributed by atoms with E-state index in [2.05, 4.69) is 38.4 Å². The summed E-state index contributed by atoms with van der Waals surface area (Å²) in [7, 11) is 0. The topological polar surface area (TPSA) is 55.1 Å². The first-order valence-corrected chi connectivity index (χ1v) is 9.93. The van der Waals surface area contributed by atoms with Gasteiger partial charge in [0.15, 0.2) is 11.7 Å². The monoisotopic (exact) mass is 426 g/mol. The van der Waals surface area contributed by atoms with Gasteiger partial charge >= 0.3 is 0 Å². The summed E-state index contributed by atoms with van der Waals surface area (Å²) in [5.41, 5.74) is 2.25. The van der Waals surface area contributed by atoms with Crippen LogP contribution in [0.4, 0.5) is 0 Å². The smallest absolute Gasteiger partial charge is 0.220 e. The molecule has 3 rings (SSSR count). The van der Waals surface area contributed by atoms with Crippen LogP contribution in [-0.4, -0.2) is 16.9 Å². The van der Waals surface area contributed by atoms with E-state index >= 15 is 0 Å². The molecular formula is C22H23BrN2O2. The second kappa shape index (κ2) is 9.51. The molecule has 4 nitrogen and oxygen atoms in total. The van der Waals surface area contributed by atoms with Crippen molar-refractivity contribution in [2.75, 3.05) is 0 Å². The summed E-state index contributed by atoms with van der Waals surface area (Å²) in [6.07, 6.45) is 4.44. The van der Waals surface area contributed by atoms with Crippen molar-refractivity contribution in [1.82, 2.24) is 10.3 Å². The Bertz CT molecular complexity index is 877. The van der Waals surface area contributed by atoms with Gasteiger partial charge in [0.2, 0.25) is 5.91 Å². The lowest BCUT2D eigenvalue weighted by molar-refractivity contribution is -0.121. The standard InChI is InChI=1S/C22H23BrN2O2/c1-16(10-11-17-6-3-2-4-7-17)25-21(26)12-13-22-24-15-20(27-22)18-8-5-9-19(23)14-18/h2-9,14-16H,10-13H2,1H3,(H,25,26)/t16-/m1/s1. The highest BCUT2D eigenvalue weighted by Gasteiger charge is 2.11. The van der Waals surface area contributed by atoms with Gasteiger partial charge in [-0.1, -0.05) is 58.4 Å². The van der Waals surface area contributed by atoms with Crippen LogP contribution in [0.5, 0.6) is 0 Å². The molecule has 0 radical (unpaired) electrons. The average Bonchev–Trinajstić information content (AvgIpc) is 3.15. The molecule has 1 atom stereocenters. The van der Waals surface area contributed by atoms with Gasteiger partial charge in [0.25, 0.3) is 0 Å².